The van der Waals surface area contributed by atoms with Gasteiger partial charge in [0.15, 0.2) is 0 Å². The van der Waals surface area contributed by atoms with Crippen molar-refractivity contribution in [3.05, 3.63) is 29.8 Å². The van der Waals surface area contributed by atoms with Crippen LogP contribution in [0.25, 0.3) is 0 Å². The Balaban J connectivity index is 1.84. The molecule has 0 saturated heterocycles. The molecule has 0 saturated carbocycles. The van der Waals surface area contributed by atoms with E-state index in [0.717, 1.165) is 18.2 Å². The summed E-state index contributed by atoms with van der Waals surface area (Å²) in [6, 6.07) is 7.68. The first-order valence-electron chi connectivity index (χ1n) is 11.6. The van der Waals surface area contributed by atoms with Crippen LogP contribution in [0, 0.1) is 0 Å². The minimum Gasteiger partial charge on any atom is -0.427 e. The molecule has 1 aromatic rings. The van der Waals surface area contributed by atoms with Crippen LogP contribution in [0.3, 0.4) is 0 Å². The normalized spacial score (nSPS) is 10.9. The van der Waals surface area contributed by atoms with Crippen LogP contribution < -0.4 is 4.74 Å². The second-order valence-electron chi connectivity index (χ2n) is 7.95. The van der Waals surface area contributed by atoms with E-state index >= 15 is 0 Å². The van der Waals surface area contributed by atoms with Gasteiger partial charge in [-0.1, -0.05) is 125 Å². The highest BCUT2D eigenvalue weighted by atomic mass is 79.9. The summed E-state index contributed by atoms with van der Waals surface area (Å²) in [6.45, 7) is 2.28. The highest BCUT2D eigenvalue weighted by Crippen LogP contribution is 2.16. The monoisotopic (exact) mass is 452 g/mol. The van der Waals surface area contributed by atoms with Gasteiger partial charge < -0.3 is 4.74 Å². The minimum atomic E-state index is -0.110. The van der Waals surface area contributed by atoms with Gasteiger partial charge in [-0.05, 0) is 24.1 Å². The Morgan fingerprint density at radius 2 is 1.14 bits per heavy atom. The number of hydrogen-bond acceptors (Lipinski definition) is 2. The Bertz CT molecular complexity index is 484. The maximum Gasteiger partial charge on any atom is 0.311 e. The Morgan fingerprint density at radius 3 is 1.57 bits per heavy atom. The Hall–Kier alpha value is -0.830. The van der Waals surface area contributed by atoms with Gasteiger partial charge in [0, 0.05) is 11.8 Å². The molecule has 0 N–H and O–H groups in total. The number of benzene rings is 1. The van der Waals surface area contributed by atoms with Crippen LogP contribution in [0.15, 0.2) is 24.3 Å². The van der Waals surface area contributed by atoms with Gasteiger partial charge in [0.1, 0.15) is 5.75 Å². The molecule has 0 spiro atoms. The summed E-state index contributed by atoms with van der Waals surface area (Å²) >= 11 is 3.41. The number of rotatable bonds is 18. The molecule has 3 heteroatoms. The summed E-state index contributed by atoms with van der Waals surface area (Å²) in [7, 11) is 0. The summed E-state index contributed by atoms with van der Waals surface area (Å²) in [5.74, 6) is 0.539. The largest absolute Gasteiger partial charge is 0.427 e. The molecule has 0 radical (unpaired) electrons. The lowest BCUT2D eigenvalue weighted by atomic mass is 10.0. The zero-order valence-corrected chi connectivity index (χ0v) is 19.6. The van der Waals surface area contributed by atoms with E-state index < -0.39 is 0 Å². The van der Waals surface area contributed by atoms with E-state index in [1.807, 2.05) is 24.3 Å². The topological polar surface area (TPSA) is 26.3 Å². The molecular weight excluding hydrogens is 412 g/mol. The lowest BCUT2D eigenvalue weighted by molar-refractivity contribution is -0.134. The van der Waals surface area contributed by atoms with Crippen LogP contribution in [-0.2, 0) is 10.1 Å². The Labute approximate surface area is 182 Å². The molecule has 0 heterocycles. The molecule has 0 unspecified atom stereocenters. The fourth-order valence-electron chi connectivity index (χ4n) is 3.47. The molecule has 1 aromatic carbocycles. The number of alkyl halides is 1. The SMILES string of the molecule is CCCCCCCCCCCCCCCCCC(=O)Oc1ccc(CBr)cc1. The second kappa shape index (κ2) is 18.2. The van der Waals surface area contributed by atoms with Crippen molar-refractivity contribution in [3.8, 4) is 5.75 Å². The second-order valence-corrected chi connectivity index (χ2v) is 8.51. The summed E-state index contributed by atoms with van der Waals surface area (Å²) < 4.78 is 5.38. The van der Waals surface area contributed by atoms with Crippen LogP contribution in [0.4, 0.5) is 0 Å². The molecule has 0 bridgehead atoms. The lowest BCUT2D eigenvalue weighted by Crippen LogP contribution is -2.07. The number of esters is 1. The molecule has 0 aromatic heterocycles. The molecule has 0 aliphatic heterocycles. The first-order valence-corrected chi connectivity index (χ1v) is 12.7. The van der Waals surface area contributed by atoms with Gasteiger partial charge in [-0.15, -0.1) is 0 Å². The number of carbonyl (C=O) groups excluding carboxylic acids is 1. The van der Waals surface area contributed by atoms with E-state index in [1.165, 1.54) is 89.0 Å². The molecule has 28 heavy (non-hydrogen) atoms. The third-order valence-electron chi connectivity index (χ3n) is 5.29. The molecule has 2 nitrogen and oxygen atoms in total. The number of hydrogen-bond donors (Lipinski definition) is 0. The van der Waals surface area contributed by atoms with Crippen LogP contribution in [0.5, 0.6) is 5.75 Å². The Morgan fingerprint density at radius 1 is 0.714 bits per heavy atom. The van der Waals surface area contributed by atoms with Crippen molar-refractivity contribution in [2.45, 2.75) is 115 Å². The fourth-order valence-corrected chi connectivity index (χ4v) is 3.84. The Kier molecular flexibility index (Phi) is 16.4. The summed E-state index contributed by atoms with van der Waals surface area (Å²) in [4.78, 5) is 11.9. The first kappa shape index (κ1) is 25.2. The van der Waals surface area contributed by atoms with Crippen molar-refractivity contribution in [3.63, 3.8) is 0 Å². The highest BCUT2D eigenvalue weighted by molar-refractivity contribution is 9.08. The van der Waals surface area contributed by atoms with E-state index in [-0.39, 0.29) is 5.97 Å². The first-order chi connectivity index (χ1) is 13.8. The smallest absolute Gasteiger partial charge is 0.311 e. The average Bonchev–Trinajstić information content (AvgIpc) is 2.71. The average molecular weight is 454 g/mol. The van der Waals surface area contributed by atoms with Crippen molar-refractivity contribution < 1.29 is 9.53 Å². The molecule has 0 aliphatic rings. The molecule has 0 atom stereocenters. The van der Waals surface area contributed by atoms with Crippen LogP contribution in [0.1, 0.15) is 115 Å². The van der Waals surface area contributed by atoms with Crippen LogP contribution in [0.2, 0.25) is 0 Å². The third kappa shape index (κ3) is 14.2. The molecular formula is C25H41BrO2. The predicted octanol–water partition coefficient (Wildman–Crippen LogP) is 8.75. The van der Waals surface area contributed by atoms with Gasteiger partial charge in [0.25, 0.3) is 0 Å². The summed E-state index contributed by atoms with van der Waals surface area (Å²) in [5, 5.41) is 0.820. The van der Waals surface area contributed by atoms with Gasteiger partial charge in [-0.25, -0.2) is 0 Å². The number of unbranched alkanes of at least 4 members (excludes halogenated alkanes) is 14. The summed E-state index contributed by atoms with van der Waals surface area (Å²) in [5.41, 5.74) is 1.18. The van der Waals surface area contributed by atoms with Gasteiger partial charge in [0.2, 0.25) is 0 Å². The van der Waals surface area contributed by atoms with E-state index in [4.69, 9.17) is 4.74 Å². The quantitative estimate of drug-likeness (QED) is 0.0961. The molecule has 0 amide bonds. The zero-order valence-electron chi connectivity index (χ0n) is 18.0. The van der Waals surface area contributed by atoms with Crippen molar-refractivity contribution in [1.29, 1.82) is 0 Å². The van der Waals surface area contributed by atoms with Crippen molar-refractivity contribution in [1.82, 2.24) is 0 Å². The summed E-state index contributed by atoms with van der Waals surface area (Å²) in [6.07, 6.45) is 20.6. The van der Waals surface area contributed by atoms with E-state index in [9.17, 15) is 4.79 Å². The molecule has 1 rings (SSSR count). The van der Waals surface area contributed by atoms with Crippen LogP contribution in [-0.4, -0.2) is 5.97 Å². The van der Waals surface area contributed by atoms with Gasteiger partial charge >= 0.3 is 5.97 Å². The van der Waals surface area contributed by atoms with Gasteiger partial charge in [-0.3, -0.25) is 4.79 Å². The standard InChI is InChI=1S/C25H41BrO2/c1-2-3-4-5-6-7-8-9-10-11-12-13-14-15-16-17-25(27)28-24-20-18-23(22-26)19-21-24/h18-21H,2-17,22H2,1H3. The van der Waals surface area contributed by atoms with Crippen molar-refractivity contribution in [2.24, 2.45) is 0 Å². The van der Waals surface area contributed by atoms with Crippen molar-refractivity contribution >= 4 is 21.9 Å². The number of ether oxygens (including phenoxy) is 1. The van der Waals surface area contributed by atoms with Crippen LogP contribution >= 0.6 is 15.9 Å². The predicted molar refractivity (Wildman–Crippen MR) is 124 cm³/mol. The lowest BCUT2D eigenvalue weighted by Gasteiger charge is -2.05. The zero-order chi connectivity index (χ0) is 20.3. The van der Waals surface area contributed by atoms with E-state index in [0.29, 0.717) is 12.2 Å². The number of carbonyl (C=O) groups is 1. The maximum atomic E-state index is 11.9. The molecule has 0 fully saturated rings. The molecule has 0 aliphatic carbocycles. The third-order valence-corrected chi connectivity index (χ3v) is 5.94. The maximum absolute atomic E-state index is 11.9. The number of halogens is 1. The van der Waals surface area contributed by atoms with E-state index in [2.05, 4.69) is 22.9 Å². The van der Waals surface area contributed by atoms with Crippen molar-refractivity contribution in [2.75, 3.05) is 0 Å². The minimum absolute atomic E-state index is 0.110. The highest BCUT2D eigenvalue weighted by Gasteiger charge is 2.04. The molecule has 160 valence electrons. The van der Waals surface area contributed by atoms with Gasteiger partial charge in [-0.2, -0.15) is 0 Å². The van der Waals surface area contributed by atoms with Gasteiger partial charge in [0.05, 0.1) is 0 Å². The van der Waals surface area contributed by atoms with E-state index in [1.54, 1.807) is 0 Å². The fraction of sp³-hybridized carbons (Fsp3) is 0.720.